The monoisotopic (exact) mass is 213 g/mol. The molecule has 0 aliphatic carbocycles. The summed E-state index contributed by atoms with van der Waals surface area (Å²) in [5.41, 5.74) is 2.72. The largest absolute Gasteiger partial charge is 0.370 e. The van der Waals surface area contributed by atoms with Gasteiger partial charge in [0.15, 0.2) is 5.82 Å². The van der Waals surface area contributed by atoms with E-state index in [2.05, 4.69) is 20.5 Å². The lowest BCUT2D eigenvalue weighted by molar-refractivity contribution is 1.02. The minimum absolute atomic E-state index is 0.749. The third-order valence-electron chi connectivity index (χ3n) is 2.63. The molecule has 2 heterocycles. The smallest absolute Gasteiger partial charge is 0.204 e. The van der Waals surface area contributed by atoms with Crippen molar-refractivity contribution in [2.24, 2.45) is 0 Å². The van der Waals surface area contributed by atoms with Crippen LogP contribution in [-0.2, 0) is 0 Å². The molecule has 80 valence electrons. The number of rotatable bonds is 1. The zero-order valence-corrected chi connectivity index (χ0v) is 9.10. The molecule has 5 heteroatoms. The summed E-state index contributed by atoms with van der Waals surface area (Å²) < 4.78 is 2.01. The van der Waals surface area contributed by atoms with E-state index in [0.717, 1.165) is 28.3 Å². The second-order valence-electron chi connectivity index (χ2n) is 3.61. The molecule has 0 fully saturated rings. The molecule has 0 unspecified atom stereocenters. The summed E-state index contributed by atoms with van der Waals surface area (Å²) in [6.07, 6.45) is 0. The summed E-state index contributed by atoms with van der Waals surface area (Å²) in [6.45, 7) is 1.94. The molecule has 0 saturated heterocycles. The van der Waals surface area contributed by atoms with E-state index in [1.807, 2.05) is 42.6 Å². The Morgan fingerprint density at radius 1 is 1.19 bits per heavy atom. The van der Waals surface area contributed by atoms with Crippen LogP contribution >= 0.6 is 0 Å². The maximum atomic E-state index is 4.50. The molecular formula is C11H11N5. The number of fused-ring (bicyclic) bond motifs is 3. The number of anilines is 1. The molecule has 3 rings (SSSR count). The van der Waals surface area contributed by atoms with Gasteiger partial charge >= 0.3 is 0 Å². The van der Waals surface area contributed by atoms with Gasteiger partial charge in [0.25, 0.3) is 0 Å². The first-order valence-corrected chi connectivity index (χ1v) is 5.09. The van der Waals surface area contributed by atoms with Crippen LogP contribution in [0, 0.1) is 6.92 Å². The second kappa shape index (κ2) is 3.16. The molecular weight excluding hydrogens is 202 g/mol. The van der Waals surface area contributed by atoms with Crippen molar-refractivity contribution >= 4 is 22.5 Å². The fourth-order valence-electron chi connectivity index (χ4n) is 1.89. The summed E-state index contributed by atoms with van der Waals surface area (Å²) >= 11 is 0. The fraction of sp³-hybridized carbons (Fsp3) is 0.182. The van der Waals surface area contributed by atoms with Crippen molar-refractivity contribution < 1.29 is 0 Å². The van der Waals surface area contributed by atoms with Gasteiger partial charge in [-0.3, -0.25) is 4.40 Å². The number of hydrogen-bond donors (Lipinski definition) is 1. The summed E-state index contributed by atoms with van der Waals surface area (Å²) in [5, 5.41) is 11.3. The Bertz CT molecular complexity index is 670. The highest BCUT2D eigenvalue weighted by Gasteiger charge is 2.10. The number of benzene rings is 1. The van der Waals surface area contributed by atoms with E-state index in [1.165, 1.54) is 0 Å². The molecule has 0 atom stereocenters. The van der Waals surface area contributed by atoms with Gasteiger partial charge in [0.05, 0.1) is 11.0 Å². The Kier molecular flexibility index (Phi) is 1.80. The van der Waals surface area contributed by atoms with Crippen LogP contribution in [-0.4, -0.2) is 26.6 Å². The van der Waals surface area contributed by atoms with Crippen LogP contribution in [0.5, 0.6) is 0 Å². The Morgan fingerprint density at radius 3 is 2.81 bits per heavy atom. The third kappa shape index (κ3) is 1.08. The molecule has 0 saturated carbocycles. The zero-order valence-electron chi connectivity index (χ0n) is 9.10. The first-order valence-electron chi connectivity index (χ1n) is 5.09. The van der Waals surface area contributed by atoms with Gasteiger partial charge in [-0.1, -0.05) is 12.1 Å². The zero-order chi connectivity index (χ0) is 11.1. The summed E-state index contributed by atoms with van der Waals surface area (Å²) in [5.74, 6) is 1.62. The number of nitrogens with zero attached hydrogens (tertiary/aromatic N) is 4. The van der Waals surface area contributed by atoms with Crippen LogP contribution in [0.3, 0.4) is 0 Å². The van der Waals surface area contributed by atoms with Crippen molar-refractivity contribution in [1.82, 2.24) is 19.6 Å². The van der Waals surface area contributed by atoms with Crippen LogP contribution in [0.4, 0.5) is 5.82 Å². The SMILES string of the molecule is CNc1nc2ccccc2n2c(C)nnc12. The van der Waals surface area contributed by atoms with Gasteiger partial charge < -0.3 is 5.32 Å². The maximum absolute atomic E-state index is 4.50. The van der Waals surface area contributed by atoms with Crippen molar-refractivity contribution in [3.63, 3.8) is 0 Å². The molecule has 0 aliphatic heterocycles. The standard InChI is InChI=1S/C11H11N5/c1-7-14-15-11-10(12-2)13-8-5-3-4-6-9(8)16(7)11/h3-6H,1-2H3,(H,12,13). The fourth-order valence-corrected chi connectivity index (χ4v) is 1.89. The average Bonchev–Trinajstić information content (AvgIpc) is 2.71. The number of aryl methyl sites for hydroxylation is 1. The van der Waals surface area contributed by atoms with Crippen LogP contribution < -0.4 is 5.32 Å². The Morgan fingerprint density at radius 2 is 2.00 bits per heavy atom. The number of hydrogen-bond acceptors (Lipinski definition) is 4. The van der Waals surface area contributed by atoms with Gasteiger partial charge in [-0.2, -0.15) is 0 Å². The Hall–Kier alpha value is -2.17. The van der Waals surface area contributed by atoms with E-state index >= 15 is 0 Å². The van der Waals surface area contributed by atoms with Gasteiger partial charge in [0.1, 0.15) is 5.82 Å². The molecule has 0 radical (unpaired) electrons. The highest BCUT2D eigenvalue weighted by molar-refractivity contribution is 5.82. The van der Waals surface area contributed by atoms with Gasteiger partial charge in [0, 0.05) is 7.05 Å². The van der Waals surface area contributed by atoms with Crippen molar-refractivity contribution in [3.8, 4) is 0 Å². The van der Waals surface area contributed by atoms with Crippen molar-refractivity contribution in [2.45, 2.75) is 6.92 Å². The summed E-state index contributed by atoms with van der Waals surface area (Å²) in [4.78, 5) is 4.50. The average molecular weight is 213 g/mol. The predicted molar refractivity (Wildman–Crippen MR) is 62.6 cm³/mol. The lowest BCUT2D eigenvalue weighted by Crippen LogP contribution is -2.00. The van der Waals surface area contributed by atoms with Gasteiger partial charge in [-0.05, 0) is 19.1 Å². The first-order chi connectivity index (χ1) is 7.81. The third-order valence-corrected chi connectivity index (χ3v) is 2.63. The quantitative estimate of drug-likeness (QED) is 0.667. The van der Waals surface area contributed by atoms with Gasteiger partial charge in [-0.25, -0.2) is 4.98 Å². The minimum Gasteiger partial charge on any atom is -0.370 e. The molecule has 0 aliphatic rings. The van der Waals surface area contributed by atoms with Crippen LogP contribution in [0.15, 0.2) is 24.3 Å². The molecule has 1 aromatic carbocycles. The number of nitrogens with one attached hydrogen (secondary N) is 1. The predicted octanol–water partition coefficient (Wildman–Crippen LogP) is 1.63. The topological polar surface area (TPSA) is 55.1 Å². The molecule has 0 spiro atoms. The molecule has 5 nitrogen and oxygen atoms in total. The number of aromatic nitrogens is 4. The highest BCUT2D eigenvalue weighted by atomic mass is 15.3. The molecule has 3 aromatic rings. The molecule has 16 heavy (non-hydrogen) atoms. The molecule has 0 amide bonds. The van der Waals surface area contributed by atoms with Crippen molar-refractivity contribution in [2.75, 3.05) is 12.4 Å². The maximum Gasteiger partial charge on any atom is 0.204 e. The Balaban J connectivity index is 2.60. The van der Waals surface area contributed by atoms with E-state index in [0.29, 0.717) is 0 Å². The lowest BCUT2D eigenvalue weighted by Gasteiger charge is -2.06. The van der Waals surface area contributed by atoms with Crippen molar-refractivity contribution in [3.05, 3.63) is 30.1 Å². The van der Waals surface area contributed by atoms with E-state index in [1.54, 1.807) is 0 Å². The van der Waals surface area contributed by atoms with E-state index < -0.39 is 0 Å². The van der Waals surface area contributed by atoms with Gasteiger partial charge in [0.2, 0.25) is 5.65 Å². The normalized spacial score (nSPS) is 11.1. The molecule has 0 bridgehead atoms. The lowest BCUT2D eigenvalue weighted by atomic mass is 10.3. The highest BCUT2D eigenvalue weighted by Crippen LogP contribution is 2.20. The summed E-state index contributed by atoms with van der Waals surface area (Å²) in [6, 6.07) is 7.96. The first kappa shape index (κ1) is 9.08. The summed E-state index contributed by atoms with van der Waals surface area (Å²) in [7, 11) is 1.83. The Labute approximate surface area is 92.1 Å². The van der Waals surface area contributed by atoms with E-state index in [4.69, 9.17) is 0 Å². The van der Waals surface area contributed by atoms with Crippen molar-refractivity contribution in [1.29, 1.82) is 0 Å². The van der Waals surface area contributed by atoms with Crippen LogP contribution in [0.25, 0.3) is 16.7 Å². The molecule has 2 aromatic heterocycles. The van der Waals surface area contributed by atoms with E-state index in [-0.39, 0.29) is 0 Å². The number of para-hydroxylation sites is 2. The van der Waals surface area contributed by atoms with Crippen LogP contribution in [0.2, 0.25) is 0 Å². The second-order valence-corrected chi connectivity index (χ2v) is 3.61. The minimum atomic E-state index is 0.749. The van der Waals surface area contributed by atoms with Gasteiger partial charge in [-0.15, -0.1) is 10.2 Å². The van der Waals surface area contributed by atoms with E-state index in [9.17, 15) is 0 Å². The molecule has 1 N–H and O–H groups in total. The van der Waals surface area contributed by atoms with Crippen LogP contribution in [0.1, 0.15) is 5.82 Å².